The van der Waals surface area contributed by atoms with E-state index in [4.69, 9.17) is 4.74 Å². The van der Waals surface area contributed by atoms with Gasteiger partial charge < -0.3 is 4.74 Å². The molecule has 0 bridgehead atoms. The molecule has 4 nitrogen and oxygen atoms in total. The van der Waals surface area contributed by atoms with Crippen molar-refractivity contribution in [3.05, 3.63) is 0 Å². The van der Waals surface area contributed by atoms with Gasteiger partial charge in [-0.25, -0.2) is 9.69 Å². The molecular formula is C25H47NO3. The van der Waals surface area contributed by atoms with Gasteiger partial charge in [0.15, 0.2) is 0 Å². The number of unbranched alkanes of at least 4 members (excludes halogenated alkanes) is 12. The molecule has 1 rings (SSSR count). The molecule has 1 aliphatic heterocycles. The fraction of sp³-hybridized carbons (Fsp3) is 0.920. The van der Waals surface area contributed by atoms with Gasteiger partial charge in [-0.2, -0.15) is 0 Å². The Balaban J connectivity index is 2.24. The number of hydrogen-bond acceptors (Lipinski definition) is 3. The highest BCUT2D eigenvalue weighted by Crippen LogP contribution is 2.21. The van der Waals surface area contributed by atoms with Crippen molar-refractivity contribution in [2.45, 2.75) is 129 Å². The summed E-state index contributed by atoms with van der Waals surface area (Å²) in [5.74, 6) is 0.369. The van der Waals surface area contributed by atoms with Gasteiger partial charge >= 0.3 is 6.09 Å². The van der Waals surface area contributed by atoms with Gasteiger partial charge in [-0.15, -0.1) is 0 Å². The van der Waals surface area contributed by atoms with Crippen molar-refractivity contribution in [3.8, 4) is 0 Å². The van der Waals surface area contributed by atoms with Gasteiger partial charge in [0, 0.05) is 13.0 Å². The van der Waals surface area contributed by atoms with Gasteiger partial charge in [-0.3, -0.25) is 4.79 Å². The van der Waals surface area contributed by atoms with Crippen LogP contribution < -0.4 is 0 Å². The smallest absolute Gasteiger partial charge is 0.416 e. The Bertz CT molecular complexity index is 424. The molecular weight excluding hydrogens is 362 g/mol. The van der Waals surface area contributed by atoms with Crippen molar-refractivity contribution < 1.29 is 14.3 Å². The summed E-state index contributed by atoms with van der Waals surface area (Å²) in [6.45, 7) is 5.52. The van der Waals surface area contributed by atoms with Crippen LogP contribution in [0.4, 0.5) is 4.79 Å². The van der Waals surface area contributed by atoms with Crippen LogP contribution in [-0.2, 0) is 9.53 Å². The molecule has 1 heterocycles. The summed E-state index contributed by atoms with van der Waals surface area (Å²) >= 11 is 0. The second-order valence-corrected chi connectivity index (χ2v) is 8.91. The van der Waals surface area contributed by atoms with E-state index in [0.29, 0.717) is 25.5 Å². The van der Waals surface area contributed by atoms with E-state index in [1.54, 1.807) is 0 Å². The molecule has 0 spiro atoms. The molecule has 0 aromatic heterocycles. The summed E-state index contributed by atoms with van der Waals surface area (Å²) in [5, 5.41) is 0. The van der Waals surface area contributed by atoms with E-state index < -0.39 is 6.09 Å². The summed E-state index contributed by atoms with van der Waals surface area (Å²) in [5.41, 5.74) is 0. The maximum absolute atomic E-state index is 12.2. The average Bonchev–Trinajstić information content (AvgIpc) is 3.15. The summed E-state index contributed by atoms with van der Waals surface area (Å²) in [6.07, 6.45) is 21.5. The minimum absolute atomic E-state index is 0.0782. The number of imide groups is 1. The first-order chi connectivity index (χ1) is 14.2. The highest BCUT2D eigenvalue weighted by atomic mass is 16.6. The summed E-state index contributed by atoms with van der Waals surface area (Å²) < 4.78 is 5.54. The van der Waals surface area contributed by atoms with Gasteiger partial charge in [-0.05, 0) is 25.2 Å². The Hall–Kier alpha value is -1.06. The van der Waals surface area contributed by atoms with Gasteiger partial charge in [-0.1, -0.05) is 104 Å². The van der Waals surface area contributed by atoms with Crippen LogP contribution in [0.5, 0.6) is 0 Å². The predicted octanol–water partition coefficient (Wildman–Crippen LogP) is 7.64. The Kier molecular flexibility index (Phi) is 15.9. The lowest BCUT2D eigenvalue weighted by Gasteiger charge is -2.19. The van der Waals surface area contributed by atoms with E-state index in [1.807, 2.05) is 0 Å². The fourth-order valence-corrected chi connectivity index (χ4v) is 4.20. The fourth-order valence-electron chi connectivity index (χ4n) is 4.20. The van der Waals surface area contributed by atoms with Gasteiger partial charge in [0.1, 0.15) is 0 Å². The number of amides is 2. The maximum atomic E-state index is 12.2. The van der Waals surface area contributed by atoms with Gasteiger partial charge in [0.05, 0.1) is 6.61 Å². The second-order valence-electron chi connectivity index (χ2n) is 8.91. The maximum Gasteiger partial charge on any atom is 0.416 e. The number of carbonyl (C=O) groups is 2. The monoisotopic (exact) mass is 409 g/mol. The Labute approximate surface area is 180 Å². The predicted molar refractivity (Wildman–Crippen MR) is 121 cm³/mol. The van der Waals surface area contributed by atoms with Gasteiger partial charge in [0.2, 0.25) is 5.91 Å². The third kappa shape index (κ3) is 13.0. The van der Waals surface area contributed by atoms with E-state index >= 15 is 0 Å². The van der Waals surface area contributed by atoms with Crippen LogP contribution >= 0.6 is 0 Å². The number of ether oxygens (including phenoxy) is 1. The molecule has 1 saturated heterocycles. The number of rotatable bonds is 18. The summed E-state index contributed by atoms with van der Waals surface area (Å²) in [7, 11) is 0. The normalized spacial score (nSPS) is 15.1. The first-order valence-corrected chi connectivity index (χ1v) is 12.7. The molecule has 1 atom stereocenters. The van der Waals surface area contributed by atoms with Crippen molar-refractivity contribution in [1.29, 1.82) is 0 Å². The van der Waals surface area contributed by atoms with Crippen LogP contribution in [0.25, 0.3) is 0 Å². The Morgan fingerprint density at radius 1 is 0.828 bits per heavy atom. The molecule has 29 heavy (non-hydrogen) atoms. The minimum atomic E-state index is -0.420. The van der Waals surface area contributed by atoms with Crippen molar-refractivity contribution in [1.82, 2.24) is 4.90 Å². The van der Waals surface area contributed by atoms with E-state index in [2.05, 4.69) is 13.8 Å². The topological polar surface area (TPSA) is 46.6 Å². The zero-order valence-corrected chi connectivity index (χ0v) is 19.4. The molecule has 0 radical (unpaired) electrons. The molecule has 2 amide bonds. The lowest BCUT2D eigenvalue weighted by Crippen LogP contribution is -2.33. The standard InChI is InChI=1S/C25H47NO3/c1-3-5-7-9-11-12-14-16-19-23(18-15-13-10-8-6-4-2)22-29-25(28)26-21-17-20-24(26)27/h23H,3-22H2,1-2H3. The molecule has 4 heteroatoms. The number of nitrogens with zero attached hydrogens (tertiary/aromatic N) is 1. The lowest BCUT2D eigenvalue weighted by molar-refractivity contribution is -0.126. The molecule has 1 unspecified atom stereocenters. The van der Waals surface area contributed by atoms with Gasteiger partial charge in [0.25, 0.3) is 0 Å². The van der Waals surface area contributed by atoms with E-state index in [1.165, 1.54) is 94.8 Å². The molecule has 0 N–H and O–H groups in total. The molecule has 0 aromatic carbocycles. The first-order valence-electron chi connectivity index (χ1n) is 12.7. The zero-order valence-electron chi connectivity index (χ0n) is 19.4. The second kappa shape index (κ2) is 17.8. The summed E-state index contributed by atoms with van der Waals surface area (Å²) in [4.78, 5) is 25.2. The molecule has 1 aliphatic rings. The van der Waals surface area contributed by atoms with Crippen LogP contribution in [-0.4, -0.2) is 30.1 Å². The van der Waals surface area contributed by atoms with E-state index in [-0.39, 0.29) is 5.91 Å². The summed E-state index contributed by atoms with van der Waals surface area (Å²) in [6, 6.07) is 0. The van der Waals surface area contributed by atoms with Crippen molar-refractivity contribution in [2.24, 2.45) is 5.92 Å². The molecule has 0 aliphatic carbocycles. The highest BCUT2D eigenvalue weighted by Gasteiger charge is 2.28. The van der Waals surface area contributed by atoms with Crippen LogP contribution in [0, 0.1) is 5.92 Å². The molecule has 170 valence electrons. The van der Waals surface area contributed by atoms with E-state index in [9.17, 15) is 9.59 Å². The lowest BCUT2D eigenvalue weighted by atomic mass is 9.94. The van der Waals surface area contributed by atoms with Crippen LogP contribution in [0.2, 0.25) is 0 Å². The molecule has 0 aromatic rings. The number of likely N-dealkylation sites (tertiary alicyclic amines) is 1. The molecule has 0 saturated carbocycles. The minimum Gasteiger partial charge on any atom is -0.449 e. The quantitative estimate of drug-likeness (QED) is 0.218. The van der Waals surface area contributed by atoms with Crippen LogP contribution in [0.15, 0.2) is 0 Å². The number of carbonyl (C=O) groups excluding carboxylic acids is 2. The first kappa shape index (κ1) is 26.0. The van der Waals surface area contributed by atoms with Crippen molar-refractivity contribution in [3.63, 3.8) is 0 Å². The zero-order chi connectivity index (χ0) is 21.2. The highest BCUT2D eigenvalue weighted by molar-refractivity contribution is 5.93. The SMILES string of the molecule is CCCCCCCCCCC(CCCCCCCC)COC(=O)N1CCCC1=O. The average molecular weight is 410 g/mol. The third-order valence-corrected chi connectivity index (χ3v) is 6.17. The Morgan fingerprint density at radius 3 is 1.76 bits per heavy atom. The van der Waals surface area contributed by atoms with Crippen molar-refractivity contribution in [2.75, 3.05) is 13.2 Å². The number of hydrogen-bond donors (Lipinski definition) is 0. The largest absolute Gasteiger partial charge is 0.449 e. The van der Waals surface area contributed by atoms with E-state index in [0.717, 1.165) is 19.3 Å². The van der Waals surface area contributed by atoms with Crippen LogP contribution in [0.3, 0.4) is 0 Å². The van der Waals surface area contributed by atoms with Crippen LogP contribution in [0.1, 0.15) is 129 Å². The Morgan fingerprint density at radius 2 is 1.31 bits per heavy atom. The third-order valence-electron chi connectivity index (χ3n) is 6.17. The molecule has 1 fully saturated rings. The van der Waals surface area contributed by atoms with Crippen molar-refractivity contribution >= 4 is 12.0 Å².